The van der Waals surface area contributed by atoms with Crippen LogP contribution in [0.2, 0.25) is 0 Å². The van der Waals surface area contributed by atoms with E-state index < -0.39 is 0 Å². The van der Waals surface area contributed by atoms with Crippen LogP contribution in [0.15, 0.2) is 24.7 Å². The third-order valence-electron chi connectivity index (χ3n) is 5.53. The molecule has 1 N–H and O–H groups in total. The lowest BCUT2D eigenvalue weighted by Gasteiger charge is -2.43. The lowest BCUT2D eigenvalue weighted by atomic mass is 9.82. The summed E-state index contributed by atoms with van der Waals surface area (Å²) in [4.78, 5) is 36.4. The van der Waals surface area contributed by atoms with E-state index in [0.717, 1.165) is 35.4 Å². The van der Waals surface area contributed by atoms with Crippen LogP contribution in [-0.4, -0.2) is 52.9 Å². The van der Waals surface area contributed by atoms with Crippen molar-refractivity contribution in [1.29, 1.82) is 0 Å². The lowest BCUT2D eigenvalue weighted by Crippen LogP contribution is -2.47. The minimum Gasteiger partial charge on any atom is -0.370 e. The number of ether oxygens (including phenoxy) is 1. The smallest absolute Gasteiger partial charge is 0.261 e. The van der Waals surface area contributed by atoms with Crippen LogP contribution in [0.5, 0.6) is 0 Å². The van der Waals surface area contributed by atoms with E-state index in [1.54, 1.807) is 36.9 Å². The van der Waals surface area contributed by atoms with E-state index in [2.05, 4.69) is 15.3 Å². The van der Waals surface area contributed by atoms with Crippen LogP contribution in [0.1, 0.15) is 45.6 Å². The number of thiophene rings is 1. The molecular weight excluding hydrogens is 376 g/mol. The molecule has 0 unspecified atom stereocenters. The fourth-order valence-corrected chi connectivity index (χ4v) is 5.12. The normalized spacial score (nSPS) is 18.0. The van der Waals surface area contributed by atoms with Gasteiger partial charge in [-0.2, -0.15) is 0 Å². The fraction of sp³-hybridized carbons (Fsp3) is 0.500. The number of nitrogens with zero attached hydrogens (tertiary/aromatic N) is 3. The molecule has 0 radical (unpaired) electrons. The summed E-state index contributed by atoms with van der Waals surface area (Å²) in [5, 5.41) is 2.98. The molecule has 2 aliphatic heterocycles. The van der Waals surface area contributed by atoms with Crippen LogP contribution >= 0.6 is 11.3 Å². The molecule has 2 aromatic rings. The van der Waals surface area contributed by atoms with Gasteiger partial charge in [0.05, 0.1) is 22.8 Å². The summed E-state index contributed by atoms with van der Waals surface area (Å²) in [7, 11) is 0. The van der Waals surface area contributed by atoms with Crippen molar-refractivity contribution in [2.75, 3.05) is 26.2 Å². The number of piperidine rings is 1. The zero-order valence-electron chi connectivity index (χ0n) is 15.9. The van der Waals surface area contributed by atoms with Crippen LogP contribution < -0.4 is 5.32 Å². The average molecular weight is 401 g/mol. The molecule has 0 atom stereocenters. The van der Waals surface area contributed by atoms with E-state index in [1.165, 1.54) is 4.88 Å². The van der Waals surface area contributed by atoms with E-state index in [-0.39, 0.29) is 17.4 Å². The number of amides is 2. The maximum absolute atomic E-state index is 12.6. The molecule has 1 spiro atoms. The number of hydrogen-bond donors (Lipinski definition) is 1. The van der Waals surface area contributed by atoms with Gasteiger partial charge in [0, 0.05) is 62.9 Å². The van der Waals surface area contributed by atoms with E-state index in [0.29, 0.717) is 32.7 Å². The van der Waals surface area contributed by atoms with Gasteiger partial charge in [-0.05, 0) is 24.5 Å². The van der Waals surface area contributed by atoms with Crippen molar-refractivity contribution in [3.63, 3.8) is 0 Å². The number of carbonyl (C=O) groups is 2. The van der Waals surface area contributed by atoms with Gasteiger partial charge in [0.25, 0.3) is 5.91 Å². The highest BCUT2D eigenvalue weighted by molar-refractivity contribution is 7.14. The Kier molecular flexibility index (Phi) is 5.41. The highest BCUT2D eigenvalue weighted by atomic mass is 32.1. The lowest BCUT2D eigenvalue weighted by molar-refractivity contribution is -0.138. The van der Waals surface area contributed by atoms with E-state index >= 15 is 0 Å². The summed E-state index contributed by atoms with van der Waals surface area (Å²) in [6, 6.07) is 2.00. The van der Waals surface area contributed by atoms with Gasteiger partial charge in [0.2, 0.25) is 5.91 Å². The van der Waals surface area contributed by atoms with Gasteiger partial charge in [0.1, 0.15) is 0 Å². The Morgan fingerprint density at radius 2 is 2.14 bits per heavy atom. The van der Waals surface area contributed by atoms with Crippen molar-refractivity contribution in [1.82, 2.24) is 20.2 Å². The van der Waals surface area contributed by atoms with E-state index in [4.69, 9.17) is 4.74 Å². The fourth-order valence-electron chi connectivity index (χ4n) is 3.98. The van der Waals surface area contributed by atoms with Crippen LogP contribution in [0.4, 0.5) is 0 Å². The average Bonchev–Trinajstić information content (AvgIpc) is 3.15. The highest BCUT2D eigenvalue weighted by Gasteiger charge is 2.42. The number of rotatable bonds is 4. The second kappa shape index (κ2) is 7.97. The first-order chi connectivity index (χ1) is 13.6. The predicted molar refractivity (Wildman–Crippen MR) is 105 cm³/mol. The molecular formula is C20H24N4O3S. The quantitative estimate of drug-likeness (QED) is 0.848. The Bertz CT molecular complexity index is 860. The van der Waals surface area contributed by atoms with Gasteiger partial charge < -0.3 is 15.0 Å². The largest absolute Gasteiger partial charge is 0.370 e. The molecule has 0 bridgehead atoms. The summed E-state index contributed by atoms with van der Waals surface area (Å²) in [6.45, 7) is 4.20. The number of aromatic nitrogens is 2. The number of carbonyl (C=O) groups excluding carboxylic acids is 2. The van der Waals surface area contributed by atoms with Gasteiger partial charge in [-0.3, -0.25) is 19.6 Å². The molecule has 1 saturated heterocycles. The minimum absolute atomic E-state index is 0.0559. The number of nitrogens with one attached hydrogen (secondary N) is 1. The zero-order chi connectivity index (χ0) is 19.6. The van der Waals surface area contributed by atoms with Crippen LogP contribution in [0.25, 0.3) is 0 Å². The Morgan fingerprint density at radius 3 is 2.86 bits per heavy atom. The van der Waals surface area contributed by atoms with Gasteiger partial charge in [-0.1, -0.05) is 0 Å². The number of fused-ring (bicyclic) bond motifs is 2. The monoisotopic (exact) mass is 400 g/mol. The summed E-state index contributed by atoms with van der Waals surface area (Å²) in [5.41, 5.74) is 1.65. The SMILES string of the molecule is CC(=O)N1CCC2(CC1)OCCc1sc(C(=O)NCCc3cnccn3)cc12. The van der Waals surface area contributed by atoms with Gasteiger partial charge >= 0.3 is 0 Å². The van der Waals surface area contributed by atoms with Crippen molar-refractivity contribution >= 4 is 23.2 Å². The number of likely N-dealkylation sites (tertiary alicyclic amines) is 1. The van der Waals surface area contributed by atoms with E-state index in [1.807, 2.05) is 11.0 Å². The molecule has 4 rings (SSSR count). The van der Waals surface area contributed by atoms with Gasteiger partial charge in [-0.15, -0.1) is 11.3 Å². The van der Waals surface area contributed by atoms with Crippen molar-refractivity contribution < 1.29 is 14.3 Å². The maximum Gasteiger partial charge on any atom is 0.261 e. The summed E-state index contributed by atoms with van der Waals surface area (Å²) in [5.74, 6) is 0.0546. The summed E-state index contributed by atoms with van der Waals surface area (Å²) in [6.07, 6.45) is 8.06. The first kappa shape index (κ1) is 19.0. The molecule has 0 saturated carbocycles. The highest BCUT2D eigenvalue weighted by Crippen LogP contribution is 2.44. The molecule has 1 fully saturated rings. The molecule has 0 aromatic carbocycles. The molecule has 148 valence electrons. The molecule has 2 amide bonds. The Balaban J connectivity index is 1.43. The third-order valence-corrected chi connectivity index (χ3v) is 6.72. The second-order valence-electron chi connectivity index (χ2n) is 7.25. The first-order valence-electron chi connectivity index (χ1n) is 9.63. The Morgan fingerprint density at radius 1 is 1.32 bits per heavy atom. The maximum atomic E-state index is 12.6. The third kappa shape index (κ3) is 3.79. The molecule has 2 aliphatic rings. The molecule has 8 heteroatoms. The van der Waals surface area contributed by atoms with Crippen molar-refractivity contribution in [2.45, 2.75) is 38.2 Å². The molecule has 4 heterocycles. The molecule has 0 aliphatic carbocycles. The molecule has 2 aromatic heterocycles. The second-order valence-corrected chi connectivity index (χ2v) is 8.39. The predicted octanol–water partition coefficient (Wildman–Crippen LogP) is 1.92. The minimum atomic E-state index is -0.353. The Labute approximate surface area is 168 Å². The van der Waals surface area contributed by atoms with Crippen LogP contribution in [0.3, 0.4) is 0 Å². The van der Waals surface area contributed by atoms with Crippen LogP contribution in [-0.2, 0) is 28.0 Å². The molecule has 7 nitrogen and oxygen atoms in total. The van der Waals surface area contributed by atoms with Crippen LogP contribution in [0, 0.1) is 0 Å². The van der Waals surface area contributed by atoms with E-state index in [9.17, 15) is 9.59 Å². The Hall–Kier alpha value is -2.32. The zero-order valence-corrected chi connectivity index (χ0v) is 16.8. The topological polar surface area (TPSA) is 84.4 Å². The number of hydrogen-bond acceptors (Lipinski definition) is 6. The summed E-state index contributed by atoms with van der Waals surface area (Å²) >= 11 is 1.56. The van der Waals surface area contributed by atoms with Gasteiger partial charge in [0.15, 0.2) is 0 Å². The van der Waals surface area contributed by atoms with Gasteiger partial charge in [-0.25, -0.2) is 0 Å². The summed E-state index contributed by atoms with van der Waals surface area (Å²) < 4.78 is 6.21. The molecule has 28 heavy (non-hydrogen) atoms. The van der Waals surface area contributed by atoms with Crippen molar-refractivity contribution in [2.24, 2.45) is 0 Å². The van der Waals surface area contributed by atoms with Crippen molar-refractivity contribution in [3.8, 4) is 0 Å². The first-order valence-corrected chi connectivity index (χ1v) is 10.4. The van der Waals surface area contributed by atoms with Crippen molar-refractivity contribution in [3.05, 3.63) is 45.7 Å². The standard InChI is InChI=1S/C20H24N4O3S/c1-14(25)24-9-4-20(5-10-24)16-12-18(28-17(16)3-11-27-20)19(26)23-6-2-15-13-21-7-8-22-15/h7-8,12-13H,2-6,9-11H2,1H3,(H,23,26).